The topological polar surface area (TPSA) is 175 Å². The van der Waals surface area contributed by atoms with Crippen LogP contribution in [-0.4, -0.2) is 97.3 Å². The van der Waals surface area contributed by atoms with Crippen LogP contribution in [0.5, 0.6) is 0 Å². The molecule has 3 saturated carbocycles. The van der Waals surface area contributed by atoms with E-state index >= 15 is 14.4 Å². The highest BCUT2D eigenvalue weighted by Crippen LogP contribution is 2.63. The summed E-state index contributed by atoms with van der Waals surface area (Å²) in [6, 6.07) is 0.245. The van der Waals surface area contributed by atoms with Crippen LogP contribution in [0, 0.1) is 47.3 Å². The number of allylic oxidation sites excluding steroid dienone is 3. The molecular formula is C45H77N4O7+3. The van der Waals surface area contributed by atoms with Crippen LogP contribution < -0.4 is 21.3 Å². The SMILES string of the molecule is CC[NH2+][C@@H]1C[C@@H]2C=CCC[C@H]2C[C@@H]1[C@H](CCCO)OC(=O)[C@]12O[C@@]1(CC(CO)=C(C)CCC1CC[NH2+]C(NC[NH2+]C)C1)C(=O)C1CCCC(CC(C)C)C1C2=O. The third-order valence-electron chi connectivity index (χ3n) is 15.0. The molecule has 0 aromatic rings. The van der Waals surface area contributed by atoms with Gasteiger partial charge in [0.15, 0.2) is 17.2 Å². The number of Topliss-reactive ketones (excluding diaryl/α,β-unsaturated/α-hetero) is 2. The third-order valence-corrected chi connectivity index (χ3v) is 15.0. The minimum atomic E-state index is -2.00. The molecule has 0 aromatic heterocycles. The Morgan fingerprint density at radius 1 is 1.12 bits per heavy atom. The number of fused-ring (bicyclic) bond motifs is 3. The van der Waals surface area contributed by atoms with Gasteiger partial charge in [0.1, 0.15) is 18.9 Å². The number of carbonyl (C=O) groups is 3. The average Bonchev–Trinajstić information content (AvgIpc) is 3.90. The summed E-state index contributed by atoms with van der Waals surface area (Å²) in [7, 11) is 2.06. The van der Waals surface area contributed by atoms with Crippen LogP contribution >= 0.6 is 0 Å². The molecule has 4 aliphatic carbocycles. The smallest absolute Gasteiger partial charge is 0.350 e. The number of aliphatic hydroxyl groups excluding tert-OH is 2. The van der Waals surface area contributed by atoms with E-state index < -0.39 is 35.1 Å². The largest absolute Gasteiger partial charge is 0.459 e. The van der Waals surface area contributed by atoms with Gasteiger partial charge < -0.3 is 35.6 Å². The zero-order valence-electron chi connectivity index (χ0n) is 35.3. The van der Waals surface area contributed by atoms with Gasteiger partial charge in [-0.25, -0.2) is 10.1 Å². The van der Waals surface area contributed by atoms with Gasteiger partial charge in [-0.2, -0.15) is 0 Å². The number of carbonyl (C=O) groups excluding carboxylic acids is 3. The number of ether oxygens (including phenoxy) is 2. The molecular weight excluding hydrogens is 709 g/mol. The fourth-order valence-electron chi connectivity index (χ4n) is 12.1. The Morgan fingerprint density at radius 2 is 1.95 bits per heavy atom. The molecule has 6 aliphatic rings. The maximum Gasteiger partial charge on any atom is 0.350 e. The van der Waals surface area contributed by atoms with E-state index in [0.717, 1.165) is 96.0 Å². The van der Waals surface area contributed by atoms with Crippen molar-refractivity contribution in [1.82, 2.24) is 5.32 Å². The summed E-state index contributed by atoms with van der Waals surface area (Å²) < 4.78 is 13.2. The van der Waals surface area contributed by atoms with Gasteiger partial charge in [0.25, 0.3) is 5.60 Å². The molecule has 11 nitrogen and oxygen atoms in total. The van der Waals surface area contributed by atoms with E-state index in [2.05, 4.69) is 61.2 Å². The maximum absolute atomic E-state index is 15.2. The number of aliphatic hydroxyl groups is 2. The highest BCUT2D eigenvalue weighted by molar-refractivity contribution is 6.23. The summed E-state index contributed by atoms with van der Waals surface area (Å²) in [5.41, 5.74) is -1.94. The number of piperidine rings is 1. The average molecular weight is 786 g/mol. The molecule has 0 spiro atoms. The first-order valence-corrected chi connectivity index (χ1v) is 22.8. The van der Waals surface area contributed by atoms with Crippen LogP contribution in [0.3, 0.4) is 0 Å². The van der Waals surface area contributed by atoms with Gasteiger partial charge in [-0.3, -0.25) is 9.59 Å². The minimum absolute atomic E-state index is 0.0105. The van der Waals surface area contributed by atoms with Gasteiger partial charge in [-0.1, -0.05) is 38.0 Å². The van der Waals surface area contributed by atoms with Gasteiger partial charge >= 0.3 is 5.97 Å². The van der Waals surface area contributed by atoms with Crippen LogP contribution in [-0.2, 0) is 23.9 Å². The molecule has 12 atom stereocenters. The fourth-order valence-corrected chi connectivity index (χ4v) is 12.1. The van der Waals surface area contributed by atoms with E-state index in [-0.39, 0.29) is 49.1 Å². The molecule has 2 saturated heterocycles. The van der Waals surface area contributed by atoms with Crippen molar-refractivity contribution < 1.29 is 50.0 Å². The van der Waals surface area contributed by atoms with Crippen LogP contribution in [0.2, 0.25) is 0 Å². The molecule has 0 amide bonds. The van der Waals surface area contributed by atoms with Crippen molar-refractivity contribution in [2.75, 3.05) is 40.0 Å². The number of nitrogens with one attached hydrogen (secondary N) is 1. The van der Waals surface area contributed by atoms with Crippen molar-refractivity contribution in [2.45, 2.75) is 154 Å². The monoisotopic (exact) mass is 786 g/mol. The zero-order valence-corrected chi connectivity index (χ0v) is 35.3. The molecule has 5 fully saturated rings. The van der Waals surface area contributed by atoms with E-state index in [1.807, 2.05) is 6.92 Å². The van der Waals surface area contributed by atoms with E-state index in [0.29, 0.717) is 54.7 Å². The highest BCUT2D eigenvalue weighted by atomic mass is 16.7. The lowest BCUT2D eigenvalue weighted by Gasteiger charge is -2.44. The van der Waals surface area contributed by atoms with Crippen molar-refractivity contribution in [1.29, 1.82) is 0 Å². The molecule has 0 bridgehead atoms. The van der Waals surface area contributed by atoms with Crippen LogP contribution in [0.1, 0.15) is 124 Å². The third kappa shape index (κ3) is 8.94. The Labute approximate surface area is 336 Å². The Hall–Kier alpha value is -1.99. The first-order valence-electron chi connectivity index (χ1n) is 22.8. The second-order valence-electron chi connectivity index (χ2n) is 19.1. The quantitative estimate of drug-likeness (QED) is 0.0379. The predicted molar refractivity (Wildman–Crippen MR) is 214 cm³/mol. The van der Waals surface area contributed by atoms with E-state index in [4.69, 9.17) is 9.47 Å². The summed E-state index contributed by atoms with van der Waals surface area (Å²) >= 11 is 0. The summed E-state index contributed by atoms with van der Waals surface area (Å²) in [4.78, 5) is 45.3. The van der Waals surface area contributed by atoms with Crippen LogP contribution in [0.15, 0.2) is 23.3 Å². The number of quaternary nitrogens is 3. The fraction of sp³-hybridized carbons (Fsp3) is 0.844. The Bertz CT molecular complexity index is 1430. The molecule has 316 valence electrons. The lowest BCUT2D eigenvalue weighted by Crippen LogP contribution is -2.97. The van der Waals surface area contributed by atoms with Gasteiger partial charge in [-0.05, 0) is 120 Å². The van der Waals surface area contributed by atoms with Crippen molar-refractivity contribution in [3.8, 4) is 0 Å². The Balaban J connectivity index is 1.29. The second-order valence-corrected chi connectivity index (χ2v) is 19.1. The second kappa shape index (κ2) is 19.4. The molecule has 6 rings (SSSR count). The molecule has 9 N–H and O–H groups in total. The maximum atomic E-state index is 15.2. The number of hydrogen-bond donors (Lipinski definition) is 6. The molecule has 5 unspecified atom stereocenters. The molecule has 0 radical (unpaired) electrons. The Kier molecular flexibility index (Phi) is 15.1. The zero-order chi connectivity index (χ0) is 40.0. The van der Waals surface area contributed by atoms with Crippen molar-refractivity contribution in [2.24, 2.45) is 47.3 Å². The van der Waals surface area contributed by atoms with Gasteiger partial charge in [0, 0.05) is 43.6 Å². The van der Waals surface area contributed by atoms with Gasteiger partial charge in [0.2, 0.25) is 0 Å². The van der Waals surface area contributed by atoms with Crippen LogP contribution in [0.4, 0.5) is 0 Å². The first kappa shape index (κ1) is 43.6. The van der Waals surface area contributed by atoms with E-state index in [9.17, 15) is 10.2 Å². The summed E-state index contributed by atoms with van der Waals surface area (Å²) in [6.07, 6.45) is 16.9. The normalized spacial score (nSPS) is 37.7. The molecule has 2 aliphatic heterocycles. The lowest BCUT2D eigenvalue weighted by atomic mass is 9.56. The van der Waals surface area contributed by atoms with Gasteiger partial charge in [0.05, 0.1) is 32.8 Å². The van der Waals surface area contributed by atoms with Crippen LogP contribution in [0.25, 0.3) is 0 Å². The first-order chi connectivity index (χ1) is 27.0. The summed E-state index contributed by atoms with van der Waals surface area (Å²) in [5, 5.41) is 31.4. The number of esters is 1. The predicted octanol–water partition coefficient (Wildman–Crippen LogP) is 1.87. The van der Waals surface area contributed by atoms with Crippen molar-refractivity contribution in [3.05, 3.63) is 23.3 Å². The molecule has 11 heteroatoms. The molecule has 0 aromatic carbocycles. The highest BCUT2D eigenvalue weighted by Gasteiger charge is 2.87. The van der Waals surface area contributed by atoms with Crippen molar-refractivity contribution >= 4 is 17.5 Å². The number of rotatable bonds is 19. The summed E-state index contributed by atoms with van der Waals surface area (Å²) in [5.74, 6) is -0.191. The van der Waals surface area contributed by atoms with Crippen molar-refractivity contribution in [3.63, 3.8) is 0 Å². The summed E-state index contributed by atoms with van der Waals surface area (Å²) in [6.45, 7) is 11.1. The standard InChI is InChI=1S/C45H74N4O7/c1-6-47-37-24-32-12-8-7-11-31(32)23-36(37)38(15-10-20-50)55-43(54)45-42(53)40-33(21-28(2)3)13-9-14-35(40)41(52)44(45,56-45)25-34(26-51)29(4)16-17-30-18-19-48-39(22-30)49-27-46-5/h8,12,28,30-33,35-40,46-51H,6-7,9-11,13-27H2,1-5H3/p+3/t30?,31-,32-,33?,35?,36-,37+,38-,39?,40?,44-,45-/m0/s1. The number of ketones is 2. The van der Waals surface area contributed by atoms with E-state index in [1.165, 1.54) is 0 Å². The minimum Gasteiger partial charge on any atom is -0.459 e. The Morgan fingerprint density at radius 3 is 2.68 bits per heavy atom. The molecule has 56 heavy (non-hydrogen) atoms. The van der Waals surface area contributed by atoms with Gasteiger partial charge in [-0.15, -0.1) is 0 Å². The number of epoxide rings is 1. The molecule has 2 heterocycles. The lowest BCUT2D eigenvalue weighted by molar-refractivity contribution is -0.716. The van der Waals surface area contributed by atoms with E-state index in [1.54, 1.807) is 0 Å². The number of nitrogens with two attached hydrogens (primary N) is 3. The number of hydrogen-bond acceptors (Lipinski definition) is 8.